The van der Waals surface area contributed by atoms with Crippen molar-refractivity contribution in [2.45, 2.75) is 51.7 Å². The number of amides is 1. The molecule has 1 aromatic rings. The lowest BCUT2D eigenvalue weighted by Crippen LogP contribution is -2.59. The minimum atomic E-state index is -0.839. The fraction of sp³-hybridized carbons (Fsp3) is 0.682. The van der Waals surface area contributed by atoms with E-state index in [0.29, 0.717) is 31.1 Å². The Morgan fingerprint density at radius 2 is 2.14 bits per heavy atom. The molecule has 6 heteroatoms. The molecule has 5 atom stereocenters. The Labute approximate surface area is 165 Å². The Hall–Kier alpha value is -1.53. The van der Waals surface area contributed by atoms with Crippen molar-refractivity contribution < 1.29 is 23.0 Å². The number of fused-ring (bicyclic) bond motifs is 1. The van der Waals surface area contributed by atoms with Gasteiger partial charge in [-0.1, -0.05) is 26.0 Å². The average molecular weight is 393 g/mol. The largest absolute Gasteiger partial charge is 0.384 e. The molecule has 1 N–H and O–H groups in total. The van der Waals surface area contributed by atoms with Crippen LogP contribution in [0.4, 0.5) is 8.78 Å². The Morgan fingerprint density at radius 1 is 1.36 bits per heavy atom. The summed E-state index contributed by atoms with van der Waals surface area (Å²) in [4.78, 5) is 12.5. The van der Waals surface area contributed by atoms with E-state index in [1.807, 2.05) is 0 Å². The molecule has 1 saturated heterocycles. The molecule has 1 aliphatic heterocycles. The molecule has 3 aliphatic rings. The number of hydrogen-bond acceptors (Lipinski definition) is 3. The van der Waals surface area contributed by atoms with E-state index in [-0.39, 0.29) is 28.7 Å². The maximum absolute atomic E-state index is 14.5. The second kappa shape index (κ2) is 7.06. The van der Waals surface area contributed by atoms with Crippen molar-refractivity contribution in [1.29, 1.82) is 0 Å². The smallest absolute Gasteiger partial charge is 0.222 e. The summed E-state index contributed by atoms with van der Waals surface area (Å²) in [7, 11) is 1.58. The molecule has 4 nitrogen and oxygen atoms in total. The quantitative estimate of drug-likeness (QED) is 0.823. The van der Waals surface area contributed by atoms with Crippen LogP contribution < -0.4 is 5.32 Å². The van der Waals surface area contributed by atoms with Gasteiger partial charge in [-0.25, -0.2) is 8.78 Å². The zero-order valence-corrected chi connectivity index (χ0v) is 16.8. The van der Waals surface area contributed by atoms with Crippen LogP contribution in [-0.4, -0.2) is 32.3 Å². The van der Waals surface area contributed by atoms with Crippen LogP contribution in [0.25, 0.3) is 0 Å². The van der Waals surface area contributed by atoms with Crippen molar-refractivity contribution in [1.82, 2.24) is 5.32 Å². The topological polar surface area (TPSA) is 47.6 Å². The highest BCUT2D eigenvalue weighted by Gasteiger charge is 2.68. The van der Waals surface area contributed by atoms with Crippen LogP contribution in [-0.2, 0) is 14.3 Å². The van der Waals surface area contributed by atoms with Gasteiger partial charge in [0, 0.05) is 31.7 Å². The molecule has 3 fully saturated rings. The number of halogens is 2. The number of methoxy groups -OCH3 is 1. The van der Waals surface area contributed by atoms with Crippen LogP contribution in [0.1, 0.15) is 51.2 Å². The van der Waals surface area contributed by atoms with Gasteiger partial charge in [0.2, 0.25) is 5.91 Å². The third-order valence-corrected chi connectivity index (χ3v) is 7.63. The van der Waals surface area contributed by atoms with Crippen LogP contribution in [0.3, 0.4) is 0 Å². The number of nitrogens with one attached hydrogen (secondary N) is 1. The normalized spacial score (nSPS) is 35.6. The van der Waals surface area contributed by atoms with Crippen LogP contribution in [0.2, 0.25) is 0 Å². The first-order chi connectivity index (χ1) is 13.3. The van der Waals surface area contributed by atoms with E-state index in [1.54, 1.807) is 19.2 Å². The van der Waals surface area contributed by atoms with Crippen LogP contribution in [0, 0.1) is 34.3 Å². The Bertz CT molecular complexity index is 768. The van der Waals surface area contributed by atoms with E-state index in [9.17, 15) is 13.6 Å². The summed E-state index contributed by atoms with van der Waals surface area (Å²) in [5.74, 6) is -1.17. The van der Waals surface area contributed by atoms with Crippen molar-refractivity contribution in [2.75, 3.05) is 20.3 Å². The Balaban J connectivity index is 1.66. The number of carbonyl (C=O) groups is 1. The molecule has 2 bridgehead atoms. The van der Waals surface area contributed by atoms with Crippen molar-refractivity contribution in [3.05, 3.63) is 35.4 Å². The van der Waals surface area contributed by atoms with Crippen molar-refractivity contribution in [3.63, 3.8) is 0 Å². The standard InChI is InChI=1S/C22H29F2NO3/c1-21(2)13-11-15-19(14-5-4-6-16(23)18(14)24)28-10-8-22(15,12-13)20(21)25-17(26)7-9-27-3/h4-6,13,15,19-20H,7-12H2,1-3H3,(H,25,26)/t13-,15-,19-,20-,22?/m1/s1. The van der Waals surface area contributed by atoms with Crippen molar-refractivity contribution in [3.8, 4) is 0 Å². The molecule has 28 heavy (non-hydrogen) atoms. The first-order valence-electron chi connectivity index (χ1n) is 10.1. The predicted molar refractivity (Wildman–Crippen MR) is 101 cm³/mol. The zero-order chi connectivity index (χ0) is 20.1. The maximum atomic E-state index is 14.5. The molecule has 1 spiro atoms. The third kappa shape index (κ3) is 2.88. The van der Waals surface area contributed by atoms with E-state index >= 15 is 0 Å². The zero-order valence-electron chi connectivity index (χ0n) is 16.8. The van der Waals surface area contributed by atoms with Gasteiger partial charge in [0.1, 0.15) is 0 Å². The third-order valence-electron chi connectivity index (χ3n) is 7.63. The molecule has 1 amide bonds. The molecule has 4 rings (SSSR count). The SMILES string of the molecule is COCCC(=O)N[C@@H]1C(C)(C)[C@@H]2C[C@@H]3[C@@H](c4cccc(F)c4F)OCCC31C2. The minimum absolute atomic E-state index is 0.00359. The van der Waals surface area contributed by atoms with Gasteiger partial charge >= 0.3 is 0 Å². The summed E-state index contributed by atoms with van der Waals surface area (Å²) in [5, 5.41) is 3.28. The second-order valence-corrected chi connectivity index (χ2v) is 9.23. The Kier molecular flexibility index (Phi) is 4.99. The van der Waals surface area contributed by atoms with Crippen LogP contribution in [0.5, 0.6) is 0 Å². The van der Waals surface area contributed by atoms with Gasteiger partial charge in [0.25, 0.3) is 0 Å². The monoisotopic (exact) mass is 393 g/mol. The van der Waals surface area contributed by atoms with Crippen LogP contribution >= 0.6 is 0 Å². The summed E-state index contributed by atoms with van der Waals surface area (Å²) in [5.41, 5.74) is 0.124. The summed E-state index contributed by atoms with van der Waals surface area (Å²) in [6.07, 6.45) is 2.60. The lowest BCUT2D eigenvalue weighted by molar-refractivity contribution is -0.138. The molecular formula is C22H29F2NO3. The lowest BCUT2D eigenvalue weighted by Gasteiger charge is -2.53. The van der Waals surface area contributed by atoms with E-state index in [1.165, 1.54) is 0 Å². The lowest BCUT2D eigenvalue weighted by atomic mass is 9.58. The number of hydrogen-bond donors (Lipinski definition) is 1. The highest BCUT2D eigenvalue weighted by atomic mass is 19.2. The van der Waals surface area contributed by atoms with Crippen LogP contribution in [0.15, 0.2) is 18.2 Å². The molecule has 0 radical (unpaired) electrons. The maximum Gasteiger partial charge on any atom is 0.222 e. The Morgan fingerprint density at radius 3 is 2.89 bits per heavy atom. The van der Waals surface area contributed by atoms with E-state index in [4.69, 9.17) is 9.47 Å². The van der Waals surface area contributed by atoms with Gasteiger partial charge in [-0.2, -0.15) is 0 Å². The molecule has 1 aromatic carbocycles. The molecule has 154 valence electrons. The fourth-order valence-electron chi connectivity index (χ4n) is 6.26. The molecule has 1 heterocycles. The average Bonchev–Trinajstić information content (AvgIpc) is 3.15. The van der Waals surface area contributed by atoms with Gasteiger partial charge in [-0.15, -0.1) is 0 Å². The summed E-state index contributed by atoms with van der Waals surface area (Å²) >= 11 is 0. The van der Waals surface area contributed by atoms with Gasteiger partial charge in [0.15, 0.2) is 11.6 Å². The molecular weight excluding hydrogens is 364 g/mol. The molecule has 2 aliphatic carbocycles. The molecule has 2 saturated carbocycles. The van der Waals surface area contributed by atoms with Gasteiger partial charge in [-0.05, 0) is 48.0 Å². The fourth-order valence-corrected chi connectivity index (χ4v) is 6.26. The summed E-state index contributed by atoms with van der Waals surface area (Å²) in [6, 6.07) is 4.31. The van der Waals surface area contributed by atoms with Crippen molar-refractivity contribution in [2.24, 2.45) is 22.7 Å². The highest BCUT2D eigenvalue weighted by Crippen LogP contribution is 2.70. The van der Waals surface area contributed by atoms with Gasteiger partial charge in [0.05, 0.1) is 12.7 Å². The van der Waals surface area contributed by atoms with Gasteiger partial charge in [-0.3, -0.25) is 4.79 Å². The molecule has 1 unspecified atom stereocenters. The van der Waals surface area contributed by atoms with E-state index < -0.39 is 17.7 Å². The molecule has 0 aromatic heterocycles. The first-order valence-corrected chi connectivity index (χ1v) is 10.1. The number of rotatable bonds is 5. The summed E-state index contributed by atoms with van der Waals surface area (Å²) < 4.78 is 39.4. The summed E-state index contributed by atoms with van der Waals surface area (Å²) in [6.45, 7) is 5.32. The highest BCUT2D eigenvalue weighted by molar-refractivity contribution is 5.76. The van der Waals surface area contributed by atoms with Gasteiger partial charge < -0.3 is 14.8 Å². The minimum Gasteiger partial charge on any atom is -0.384 e. The predicted octanol–water partition coefficient (Wildman–Crippen LogP) is 4.00. The van der Waals surface area contributed by atoms with E-state index in [0.717, 1.165) is 25.3 Å². The van der Waals surface area contributed by atoms with E-state index in [2.05, 4.69) is 19.2 Å². The second-order valence-electron chi connectivity index (χ2n) is 9.23. The number of carbonyl (C=O) groups excluding carboxylic acids is 1. The number of benzene rings is 1. The first kappa shape index (κ1) is 19.8. The number of ether oxygens (including phenoxy) is 2. The van der Waals surface area contributed by atoms with Crippen molar-refractivity contribution >= 4 is 5.91 Å².